The predicted molar refractivity (Wildman–Crippen MR) is 97.9 cm³/mol. The summed E-state index contributed by atoms with van der Waals surface area (Å²) in [6, 6.07) is 8.41. The Balaban J connectivity index is 0.000000450. The van der Waals surface area contributed by atoms with E-state index < -0.39 is 0 Å². The van der Waals surface area contributed by atoms with Crippen LogP contribution >= 0.6 is 0 Å². The molecule has 0 heterocycles. The number of halogens is 1. The van der Waals surface area contributed by atoms with Gasteiger partial charge in [0.2, 0.25) is 0 Å². The van der Waals surface area contributed by atoms with Crippen LogP contribution in [0.15, 0.2) is 30.3 Å². The van der Waals surface area contributed by atoms with Crippen molar-refractivity contribution >= 4 is 5.97 Å². The van der Waals surface area contributed by atoms with E-state index in [9.17, 15) is 14.3 Å². The Kier molecular flexibility index (Phi) is 7.58. The molecule has 0 radical (unpaired) electrons. The standard InChI is InChI=1S/C16H18FNO.C4H8O2/c1-9-5-4-6-14(19)15(9)12-7-10(2)16(17)13(8-12)11(3)18;1-3-6-4(2)5/h4-8,11,19H,18H2,1-3H3;3H2,1-2H3. The van der Waals surface area contributed by atoms with Crippen LogP contribution in [0.5, 0.6) is 5.75 Å². The molecule has 0 aliphatic rings. The summed E-state index contributed by atoms with van der Waals surface area (Å²) >= 11 is 0. The van der Waals surface area contributed by atoms with E-state index in [2.05, 4.69) is 4.74 Å². The molecule has 0 fully saturated rings. The van der Waals surface area contributed by atoms with E-state index in [1.54, 1.807) is 45.0 Å². The van der Waals surface area contributed by atoms with Crippen molar-refractivity contribution in [1.29, 1.82) is 0 Å². The number of ether oxygens (including phenoxy) is 1. The second kappa shape index (κ2) is 9.18. The van der Waals surface area contributed by atoms with Gasteiger partial charge >= 0.3 is 5.97 Å². The van der Waals surface area contributed by atoms with E-state index in [1.165, 1.54) is 6.92 Å². The van der Waals surface area contributed by atoms with E-state index in [1.807, 2.05) is 13.0 Å². The molecule has 5 heteroatoms. The highest BCUT2D eigenvalue weighted by Gasteiger charge is 2.15. The zero-order chi connectivity index (χ0) is 19.1. The van der Waals surface area contributed by atoms with Gasteiger partial charge in [0.25, 0.3) is 0 Å². The van der Waals surface area contributed by atoms with Gasteiger partial charge in [-0.25, -0.2) is 4.39 Å². The molecule has 1 atom stereocenters. The summed E-state index contributed by atoms with van der Waals surface area (Å²) in [6.07, 6.45) is 0. The Bertz CT molecular complexity index is 722. The number of hydrogen-bond acceptors (Lipinski definition) is 4. The normalized spacial score (nSPS) is 11.3. The smallest absolute Gasteiger partial charge is 0.302 e. The van der Waals surface area contributed by atoms with Crippen LogP contribution in [0.1, 0.15) is 43.5 Å². The molecule has 0 saturated carbocycles. The van der Waals surface area contributed by atoms with Crippen LogP contribution in [0.25, 0.3) is 11.1 Å². The van der Waals surface area contributed by atoms with Gasteiger partial charge in [-0.3, -0.25) is 4.79 Å². The van der Waals surface area contributed by atoms with Crippen LogP contribution in [-0.2, 0) is 9.53 Å². The van der Waals surface area contributed by atoms with Crippen molar-refractivity contribution in [3.8, 4) is 16.9 Å². The fourth-order valence-electron chi connectivity index (χ4n) is 2.50. The molecule has 4 nitrogen and oxygen atoms in total. The SMILES string of the molecule is CCOC(C)=O.Cc1cc(-c2c(C)cccc2O)cc(C(C)N)c1F. The van der Waals surface area contributed by atoms with E-state index in [-0.39, 0.29) is 23.6 Å². The Morgan fingerprint density at radius 1 is 1.28 bits per heavy atom. The molecule has 0 aliphatic heterocycles. The fraction of sp³-hybridized carbons (Fsp3) is 0.350. The molecule has 2 aromatic rings. The number of carbonyl (C=O) groups is 1. The Hall–Kier alpha value is -2.40. The number of phenolic OH excluding ortho intramolecular Hbond substituents is 1. The summed E-state index contributed by atoms with van der Waals surface area (Å²) in [5.74, 6) is -0.286. The number of carbonyl (C=O) groups excluding carboxylic acids is 1. The molecular weight excluding hydrogens is 321 g/mol. The van der Waals surface area contributed by atoms with Gasteiger partial charge in [0.1, 0.15) is 11.6 Å². The molecule has 25 heavy (non-hydrogen) atoms. The minimum absolute atomic E-state index is 0.196. The van der Waals surface area contributed by atoms with Gasteiger partial charge in [-0.05, 0) is 62.6 Å². The van der Waals surface area contributed by atoms with Gasteiger partial charge in [-0.15, -0.1) is 0 Å². The number of benzene rings is 2. The van der Waals surface area contributed by atoms with E-state index in [4.69, 9.17) is 5.73 Å². The first kappa shape index (κ1) is 20.6. The van der Waals surface area contributed by atoms with Crippen LogP contribution < -0.4 is 5.73 Å². The third-order valence-corrected chi connectivity index (χ3v) is 3.66. The van der Waals surface area contributed by atoms with Crippen LogP contribution in [0.2, 0.25) is 0 Å². The Morgan fingerprint density at radius 2 is 1.92 bits per heavy atom. The highest BCUT2D eigenvalue weighted by atomic mass is 19.1. The maximum atomic E-state index is 14.0. The third kappa shape index (κ3) is 5.57. The first-order valence-corrected chi connectivity index (χ1v) is 8.16. The van der Waals surface area contributed by atoms with Crippen molar-refractivity contribution in [3.63, 3.8) is 0 Å². The zero-order valence-corrected chi connectivity index (χ0v) is 15.4. The molecular formula is C20H26FNO3. The number of hydrogen-bond donors (Lipinski definition) is 2. The van der Waals surface area contributed by atoms with Crippen molar-refractivity contribution in [2.24, 2.45) is 5.73 Å². The molecule has 0 amide bonds. The third-order valence-electron chi connectivity index (χ3n) is 3.66. The molecule has 2 rings (SSSR count). The van der Waals surface area contributed by atoms with Gasteiger partial charge in [0, 0.05) is 24.1 Å². The van der Waals surface area contributed by atoms with E-state index in [0.29, 0.717) is 17.7 Å². The molecule has 0 saturated heterocycles. The number of rotatable bonds is 3. The number of nitrogens with two attached hydrogens (primary N) is 1. The number of esters is 1. The average Bonchev–Trinajstić information content (AvgIpc) is 2.50. The Labute approximate surface area is 148 Å². The summed E-state index contributed by atoms with van der Waals surface area (Å²) in [7, 11) is 0. The summed E-state index contributed by atoms with van der Waals surface area (Å²) in [6.45, 7) is 9.03. The van der Waals surface area contributed by atoms with Crippen LogP contribution in [0, 0.1) is 19.7 Å². The molecule has 1 unspecified atom stereocenters. The van der Waals surface area contributed by atoms with E-state index in [0.717, 1.165) is 16.7 Å². The van der Waals surface area contributed by atoms with Crippen molar-refractivity contribution in [2.45, 2.75) is 40.7 Å². The van der Waals surface area contributed by atoms with Crippen molar-refractivity contribution in [2.75, 3.05) is 6.61 Å². The second-order valence-electron chi connectivity index (χ2n) is 5.88. The summed E-state index contributed by atoms with van der Waals surface area (Å²) < 4.78 is 18.4. The first-order valence-electron chi connectivity index (χ1n) is 8.16. The molecule has 0 aliphatic carbocycles. The quantitative estimate of drug-likeness (QED) is 0.807. The van der Waals surface area contributed by atoms with Gasteiger partial charge in [-0.2, -0.15) is 0 Å². The highest BCUT2D eigenvalue weighted by Crippen LogP contribution is 2.35. The van der Waals surface area contributed by atoms with Gasteiger partial charge < -0.3 is 15.6 Å². The Morgan fingerprint density at radius 3 is 2.36 bits per heavy atom. The predicted octanol–water partition coefficient (Wildman–Crippen LogP) is 4.40. The maximum Gasteiger partial charge on any atom is 0.302 e. The summed E-state index contributed by atoms with van der Waals surface area (Å²) in [4.78, 5) is 9.82. The van der Waals surface area contributed by atoms with E-state index >= 15 is 0 Å². The lowest BCUT2D eigenvalue weighted by Crippen LogP contribution is -2.09. The first-order chi connectivity index (χ1) is 11.7. The highest BCUT2D eigenvalue weighted by molar-refractivity contribution is 5.74. The van der Waals surface area contributed by atoms with Crippen molar-refractivity contribution in [1.82, 2.24) is 0 Å². The van der Waals surface area contributed by atoms with Crippen LogP contribution in [0.4, 0.5) is 4.39 Å². The largest absolute Gasteiger partial charge is 0.507 e. The van der Waals surface area contributed by atoms with Crippen LogP contribution in [-0.4, -0.2) is 17.7 Å². The van der Waals surface area contributed by atoms with Crippen molar-refractivity contribution in [3.05, 3.63) is 52.8 Å². The number of aromatic hydroxyl groups is 1. The lowest BCUT2D eigenvalue weighted by atomic mass is 9.94. The lowest BCUT2D eigenvalue weighted by molar-refractivity contribution is -0.140. The van der Waals surface area contributed by atoms with Crippen LogP contribution in [0.3, 0.4) is 0 Å². The van der Waals surface area contributed by atoms with Gasteiger partial charge in [0.15, 0.2) is 0 Å². The fourth-order valence-corrected chi connectivity index (χ4v) is 2.50. The molecule has 3 N–H and O–H groups in total. The minimum Gasteiger partial charge on any atom is -0.507 e. The zero-order valence-electron chi connectivity index (χ0n) is 15.4. The maximum absolute atomic E-state index is 14.0. The number of aryl methyl sites for hydroxylation is 2. The minimum atomic E-state index is -0.384. The van der Waals surface area contributed by atoms with Gasteiger partial charge in [0.05, 0.1) is 6.61 Å². The molecule has 0 spiro atoms. The molecule has 0 aromatic heterocycles. The topological polar surface area (TPSA) is 72.5 Å². The average molecular weight is 347 g/mol. The van der Waals surface area contributed by atoms with Crippen molar-refractivity contribution < 1.29 is 19.0 Å². The number of phenols is 1. The molecule has 136 valence electrons. The summed E-state index contributed by atoms with van der Waals surface area (Å²) in [5.41, 5.74) is 9.28. The monoisotopic (exact) mass is 347 g/mol. The molecule has 2 aromatic carbocycles. The summed E-state index contributed by atoms with van der Waals surface area (Å²) in [5, 5.41) is 10.0. The second-order valence-corrected chi connectivity index (χ2v) is 5.88. The lowest BCUT2D eigenvalue weighted by Gasteiger charge is -2.15. The van der Waals surface area contributed by atoms with Gasteiger partial charge in [-0.1, -0.05) is 12.1 Å². The molecule has 0 bridgehead atoms.